The molecule has 16 heavy (non-hydrogen) atoms. The largest absolute Gasteiger partial charge is 0.573 e. The lowest BCUT2D eigenvalue weighted by Crippen LogP contribution is -2.18. The zero-order valence-corrected chi connectivity index (χ0v) is 8.89. The minimum Gasteiger partial charge on any atom is -0.400 e. The van der Waals surface area contributed by atoms with Gasteiger partial charge in [0.05, 0.1) is 0 Å². The Labute approximate surface area is 94.9 Å². The predicted octanol–water partition coefficient (Wildman–Crippen LogP) is 3.45. The molecule has 1 aromatic rings. The van der Waals surface area contributed by atoms with Crippen molar-refractivity contribution in [1.29, 1.82) is 0 Å². The van der Waals surface area contributed by atoms with Gasteiger partial charge in [-0.3, -0.25) is 0 Å². The lowest BCUT2D eigenvalue weighted by molar-refractivity contribution is -0.275. The van der Waals surface area contributed by atoms with E-state index in [9.17, 15) is 22.4 Å². The van der Waals surface area contributed by atoms with Gasteiger partial charge >= 0.3 is 6.36 Å². The molecule has 0 saturated carbocycles. The summed E-state index contributed by atoms with van der Waals surface area (Å²) in [4.78, 5) is 12.9. The SMILES string of the molecule is O=C=Nc1cc(Br)cc(F)c1OC(F)(F)F. The highest BCUT2D eigenvalue weighted by atomic mass is 79.9. The number of rotatable bonds is 2. The summed E-state index contributed by atoms with van der Waals surface area (Å²) in [7, 11) is 0. The average molecular weight is 300 g/mol. The van der Waals surface area contributed by atoms with Gasteiger partial charge in [0.2, 0.25) is 6.08 Å². The molecular formula is C8H2BrF4NO2. The summed E-state index contributed by atoms with van der Waals surface area (Å²) in [5, 5.41) is 0. The molecule has 0 fully saturated rings. The lowest BCUT2D eigenvalue weighted by Gasteiger charge is -2.11. The molecule has 0 aliphatic heterocycles. The maximum absolute atomic E-state index is 13.1. The molecule has 0 amide bonds. The maximum Gasteiger partial charge on any atom is 0.573 e. The quantitative estimate of drug-likeness (QED) is 0.476. The smallest absolute Gasteiger partial charge is 0.400 e. The van der Waals surface area contributed by atoms with Crippen LogP contribution in [-0.4, -0.2) is 12.4 Å². The van der Waals surface area contributed by atoms with Crippen LogP contribution >= 0.6 is 15.9 Å². The Morgan fingerprint density at radius 3 is 2.50 bits per heavy atom. The van der Waals surface area contributed by atoms with E-state index in [1.807, 2.05) is 0 Å². The number of hydrogen-bond acceptors (Lipinski definition) is 3. The van der Waals surface area contributed by atoms with E-state index in [1.54, 1.807) is 0 Å². The van der Waals surface area contributed by atoms with E-state index in [-0.39, 0.29) is 4.47 Å². The highest BCUT2D eigenvalue weighted by molar-refractivity contribution is 9.10. The highest BCUT2D eigenvalue weighted by Gasteiger charge is 2.33. The van der Waals surface area contributed by atoms with Crippen molar-refractivity contribution in [3.63, 3.8) is 0 Å². The molecule has 0 aliphatic rings. The molecule has 0 saturated heterocycles. The minimum absolute atomic E-state index is 0.119. The van der Waals surface area contributed by atoms with E-state index in [0.717, 1.165) is 18.2 Å². The number of hydrogen-bond donors (Lipinski definition) is 0. The molecule has 0 spiro atoms. The lowest BCUT2D eigenvalue weighted by atomic mass is 10.3. The first-order valence-corrected chi connectivity index (χ1v) is 4.45. The van der Waals surface area contributed by atoms with Gasteiger partial charge in [0, 0.05) is 4.47 Å². The Hall–Kier alpha value is -1.40. The molecule has 1 aromatic carbocycles. The monoisotopic (exact) mass is 299 g/mol. The van der Waals surface area contributed by atoms with E-state index in [0.29, 0.717) is 0 Å². The van der Waals surface area contributed by atoms with Gasteiger partial charge in [-0.2, -0.15) is 4.99 Å². The van der Waals surface area contributed by atoms with Crippen LogP contribution in [0.1, 0.15) is 0 Å². The van der Waals surface area contributed by atoms with Crippen molar-refractivity contribution in [3.8, 4) is 5.75 Å². The molecule has 0 radical (unpaired) electrons. The Balaban J connectivity index is 3.29. The number of isocyanates is 1. The fourth-order valence-electron chi connectivity index (χ4n) is 0.896. The molecule has 8 heteroatoms. The van der Waals surface area contributed by atoms with Gasteiger partial charge in [-0.05, 0) is 12.1 Å². The van der Waals surface area contributed by atoms with Crippen molar-refractivity contribution in [1.82, 2.24) is 0 Å². The summed E-state index contributed by atoms with van der Waals surface area (Å²) in [6, 6.07) is 1.75. The van der Waals surface area contributed by atoms with E-state index in [1.165, 1.54) is 0 Å². The van der Waals surface area contributed by atoms with Crippen LogP contribution in [0.2, 0.25) is 0 Å². The third-order valence-electron chi connectivity index (χ3n) is 1.37. The van der Waals surface area contributed by atoms with Crippen LogP contribution in [0.4, 0.5) is 23.2 Å². The fraction of sp³-hybridized carbons (Fsp3) is 0.125. The average Bonchev–Trinajstić information content (AvgIpc) is 2.10. The van der Waals surface area contributed by atoms with E-state index in [4.69, 9.17) is 0 Å². The van der Waals surface area contributed by atoms with E-state index in [2.05, 4.69) is 25.7 Å². The number of nitrogens with zero attached hydrogens (tertiary/aromatic N) is 1. The summed E-state index contributed by atoms with van der Waals surface area (Å²) < 4.78 is 52.3. The third-order valence-corrected chi connectivity index (χ3v) is 1.83. The Morgan fingerprint density at radius 2 is 2.00 bits per heavy atom. The topological polar surface area (TPSA) is 38.7 Å². The summed E-state index contributed by atoms with van der Waals surface area (Å²) in [6.07, 6.45) is -4.06. The third kappa shape index (κ3) is 3.32. The molecular weight excluding hydrogens is 298 g/mol. The molecule has 0 aliphatic carbocycles. The molecule has 0 heterocycles. The first kappa shape index (κ1) is 12.7. The van der Waals surface area contributed by atoms with Crippen LogP contribution in [-0.2, 0) is 4.79 Å². The van der Waals surface area contributed by atoms with Crippen LogP contribution in [0.5, 0.6) is 5.75 Å². The summed E-state index contributed by atoms with van der Waals surface area (Å²) in [6.45, 7) is 0. The number of carbonyl (C=O) groups excluding carboxylic acids is 1. The molecule has 1 rings (SSSR count). The van der Waals surface area contributed by atoms with Gasteiger partial charge in [0.1, 0.15) is 5.69 Å². The summed E-state index contributed by atoms with van der Waals surface area (Å²) in [5.74, 6) is -2.46. The fourth-order valence-corrected chi connectivity index (χ4v) is 1.31. The molecule has 0 aromatic heterocycles. The van der Waals surface area contributed by atoms with Crippen LogP contribution in [0, 0.1) is 5.82 Å². The predicted molar refractivity (Wildman–Crippen MR) is 48.6 cm³/mol. The van der Waals surface area contributed by atoms with Gasteiger partial charge in [-0.1, -0.05) is 15.9 Å². The highest BCUT2D eigenvalue weighted by Crippen LogP contribution is 2.37. The van der Waals surface area contributed by atoms with Crippen molar-refractivity contribution in [2.24, 2.45) is 4.99 Å². The van der Waals surface area contributed by atoms with Gasteiger partial charge in [-0.15, -0.1) is 13.2 Å². The van der Waals surface area contributed by atoms with Crippen molar-refractivity contribution in [3.05, 3.63) is 22.4 Å². The van der Waals surface area contributed by atoms with Gasteiger partial charge in [0.15, 0.2) is 11.6 Å². The Bertz CT molecular complexity index is 454. The normalized spacial score (nSPS) is 10.8. The van der Waals surface area contributed by atoms with E-state index >= 15 is 0 Å². The number of aliphatic imine (C=N–C) groups is 1. The molecule has 0 bridgehead atoms. The second-order valence-corrected chi connectivity index (χ2v) is 3.40. The first-order valence-electron chi connectivity index (χ1n) is 3.66. The van der Waals surface area contributed by atoms with Crippen molar-refractivity contribution < 1.29 is 27.1 Å². The second kappa shape index (κ2) is 4.63. The molecule has 0 atom stereocenters. The molecule has 0 N–H and O–H groups in total. The van der Waals surface area contributed by atoms with Gasteiger partial charge in [0.25, 0.3) is 0 Å². The summed E-state index contributed by atoms with van der Waals surface area (Å²) >= 11 is 2.83. The number of alkyl halides is 3. The Kier molecular flexibility index (Phi) is 3.66. The number of halogens is 5. The molecule has 3 nitrogen and oxygen atoms in total. The van der Waals surface area contributed by atoms with Crippen molar-refractivity contribution >= 4 is 27.7 Å². The van der Waals surface area contributed by atoms with Crippen LogP contribution in [0.3, 0.4) is 0 Å². The summed E-state index contributed by atoms with van der Waals surface area (Å²) in [5.41, 5.74) is -0.598. The molecule has 0 unspecified atom stereocenters. The number of ether oxygens (including phenoxy) is 1. The van der Waals surface area contributed by atoms with Gasteiger partial charge in [-0.25, -0.2) is 9.18 Å². The van der Waals surface area contributed by atoms with Crippen molar-refractivity contribution in [2.45, 2.75) is 6.36 Å². The number of benzene rings is 1. The minimum atomic E-state index is -5.07. The van der Waals surface area contributed by atoms with Crippen LogP contribution < -0.4 is 4.74 Å². The van der Waals surface area contributed by atoms with Crippen molar-refractivity contribution in [2.75, 3.05) is 0 Å². The van der Waals surface area contributed by atoms with E-state index < -0.39 is 23.6 Å². The Morgan fingerprint density at radius 1 is 1.38 bits per heavy atom. The zero-order chi connectivity index (χ0) is 12.3. The standard InChI is InChI=1S/C8H2BrF4NO2/c9-4-1-5(10)7(16-8(11,12)13)6(2-4)14-3-15/h1-2H. The maximum atomic E-state index is 13.1. The van der Waals surface area contributed by atoms with Crippen LogP contribution in [0.25, 0.3) is 0 Å². The van der Waals surface area contributed by atoms with Gasteiger partial charge < -0.3 is 4.74 Å². The molecule has 86 valence electrons. The second-order valence-electron chi connectivity index (χ2n) is 2.49. The first-order chi connectivity index (χ1) is 7.33. The zero-order valence-electron chi connectivity index (χ0n) is 7.31. The van der Waals surface area contributed by atoms with Crippen LogP contribution in [0.15, 0.2) is 21.6 Å².